The topological polar surface area (TPSA) is 36.2 Å². The summed E-state index contributed by atoms with van der Waals surface area (Å²) in [6.45, 7) is 0. The second-order valence-corrected chi connectivity index (χ2v) is 2.49. The number of para-hydroxylation sites is 1. The largest absolute Gasteiger partial charge is 0.308 e. The molecule has 0 amide bonds. The molecule has 3 heteroatoms. The van der Waals surface area contributed by atoms with Gasteiger partial charge in [0.25, 0.3) is 0 Å². The zero-order valence-corrected chi connectivity index (χ0v) is 7.95. The third-order valence-corrected chi connectivity index (χ3v) is 1.56. The van der Waals surface area contributed by atoms with Crippen LogP contribution in [0.4, 0.5) is 5.69 Å². The molecule has 0 atom stereocenters. The van der Waals surface area contributed by atoms with Crippen molar-refractivity contribution in [3.05, 3.63) is 29.8 Å². The summed E-state index contributed by atoms with van der Waals surface area (Å²) in [5.41, 5.74) is 1.69. The summed E-state index contributed by atoms with van der Waals surface area (Å²) in [4.78, 5) is 4.09. The molecule has 0 fully saturated rings. The summed E-state index contributed by atoms with van der Waals surface area (Å²) >= 11 is 2.06. The maximum Gasteiger partial charge on any atom is 0.0722 e. The van der Waals surface area contributed by atoms with Gasteiger partial charge in [0.05, 0.1) is 9.91 Å². The van der Waals surface area contributed by atoms with E-state index >= 15 is 0 Å². The number of aliphatic imine (C=N–C) groups is 1. The van der Waals surface area contributed by atoms with E-state index in [0.717, 1.165) is 11.3 Å². The maximum atomic E-state index is 7.06. The number of hydrogen-bond acceptors (Lipinski definition) is 2. The summed E-state index contributed by atoms with van der Waals surface area (Å²) < 4.78 is 1.69. The van der Waals surface area contributed by atoms with Crippen LogP contribution in [0.1, 0.15) is 5.56 Å². The Morgan fingerprint density at radius 1 is 1.36 bits per heavy atom. The number of nitrogens with one attached hydrogen (secondary N) is 1. The zero-order chi connectivity index (χ0) is 8.10. The number of rotatable bonds is 2. The van der Waals surface area contributed by atoms with Gasteiger partial charge in [-0.15, -0.1) is 0 Å². The zero-order valence-electron chi connectivity index (χ0n) is 5.79. The predicted octanol–water partition coefficient (Wildman–Crippen LogP) is 2.78. The van der Waals surface area contributed by atoms with Crippen molar-refractivity contribution in [1.29, 1.82) is 5.41 Å². The molecule has 56 valence electrons. The van der Waals surface area contributed by atoms with Gasteiger partial charge in [0.1, 0.15) is 0 Å². The molecule has 1 aromatic carbocycles. The van der Waals surface area contributed by atoms with Gasteiger partial charge >= 0.3 is 0 Å². The molecule has 0 aliphatic carbocycles. The van der Waals surface area contributed by atoms with Gasteiger partial charge in [0.2, 0.25) is 0 Å². The summed E-state index contributed by atoms with van der Waals surface area (Å²) in [5, 5.41) is 7.06. The van der Waals surface area contributed by atoms with Crippen LogP contribution in [0.15, 0.2) is 29.3 Å². The van der Waals surface area contributed by atoms with Crippen LogP contribution in [-0.4, -0.2) is 10.4 Å². The van der Waals surface area contributed by atoms with Crippen LogP contribution >= 0.6 is 22.6 Å². The Balaban J connectivity index is 3.11. The smallest absolute Gasteiger partial charge is 0.0722 e. The Hall–Kier alpha value is -0.710. The molecule has 0 bridgehead atoms. The minimum Gasteiger partial charge on any atom is -0.308 e. The van der Waals surface area contributed by atoms with Gasteiger partial charge < -0.3 is 5.41 Å². The molecular weight excluding hydrogens is 251 g/mol. The average Bonchev–Trinajstić information content (AvgIpc) is 2.06. The number of nitrogens with zero attached hydrogens (tertiary/aromatic N) is 1. The van der Waals surface area contributed by atoms with E-state index in [1.165, 1.54) is 6.21 Å². The van der Waals surface area contributed by atoms with Crippen molar-refractivity contribution >= 4 is 38.7 Å². The monoisotopic (exact) mass is 258 g/mol. The molecule has 0 radical (unpaired) electrons. The molecule has 0 saturated heterocycles. The minimum atomic E-state index is 0.844. The fraction of sp³-hybridized carbons (Fsp3) is 0. The first-order chi connectivity index (χ1) is 5.38. The van der Waals surface area contributed by atoms with Crippen LogP contribution in [0.2, 0.25) is 0 Å². The summed E-state index contributed by atoms with van der Waals surface area (Å²) in [6.07, 6.45) is 1.30. The lowest BCUT2D eigenvalue weighted by Gasteiger charge is -1.95. The normalized spacial score (nSPS) is 10.3. The first-order valence-corrected chi connectivity index (χ1v) is 4.35. The van der Waals surface area contributed by atoms with Crippen molar-refractivity contribution in [2.24, 2.45) is 4.99 Å². The summed E-state index contributed by atoms with van der Waals surface area (Å²) in [6, 6.07) is 7.56. The molecule has 0 unspecified atom stereocenters. The van der Waals surface area contributed by atoms with E-state index < -0.39 is 0 Å². The Morgan fingerprint density at radius 2 is 2.09 bits per heavy atom. The van der Waals surface area contributed by atoms with E-state index in [1.54, 1.807) is 4.22 Å². The van der Waals surface area contributed by atoms with Crippen molar-refractivity contribution in [3.63, 3.8) is 0 Å². The molecule has 0 aliphatic rings. The highest BCUT2D eigenvalue weighted by Gasteiger charge is 1.92. The van der Waals surface area contributed by atoms with E-state index in [1.807, 2.05) is 24.3 Å². The fourth-order valence-corrected chi connectivity index (χ4v) is 1.08. The lowest BCUT2D eigenvalue weighted by molar-refractivity contribution is 1.49. The summed E-state index contributed by atoms with van der Waals surface area (Å²) in [5.74, 6) is 0. The molecule has 11 heavy (non-hydrogen) atoms. The van der Waals surface area contributed by atoms with E-state index in [-0.39, 0.29) is 0 Å². The van der Waals surface area contributed by atoms with E-state index in [9.17, 15) is 0 Å². The fourth-order valence-electron chi connectivity index (χ4n) is 0.780. The number of halogens is 1. The van der Waals surface area contributed by atoms with Crippen molar-refractivity contribution < 1.29 is 0 Å². The highest BCUT2D eigenvalue weighted by molar-refractivity contribution is 14.1. The highest BCUT2D eigenvalue weighted by Crippen LogP contribution is 2.15. The molecule has 1 N–H and O–H groups in total. The van der Waals surface area contributed by atoms with Gasteiger partial charge in [-0.2, -0.15) is 0 Å². The van der Waals surface area contributed by atoms with Crippen LogP contribution in [-0.2, 0) is 0 Å². The standard InChI is InChI=1S/C8H7IN2/c9-6-11-8-4-2-1-3-7(8)5-10/h1-6,10H. The first-order valence-electron chi connectivity index (χ1n) is 3.10. The molecule has 0 spiro atoms. The number of hydrogen-bond donors (Lipinski definition) is 1. The van der Waals surface area contributed by atoms with Gasteiger partial charge in [0, 0.05) is 11.8 Å². The Morgan fingerprint density at radius 3 is 2.73 bits per heavy atom. The van der Waals surface area contributed by atoms with Crippen LogP contribution in [0.25, 0.3) is 0 Å². The Labute approximate surface area is 79.0 Å². The predicted molar refractivity (Wildman–Crippen MR) is 56.5 cm³/mol. The molecule has 0 aliphatic heterocycles. The van der Waals surface area contributed by atoms with Crippen molar-refractivity contribution in [1.82, 2.24) is 0 Å². The average molecular weight is 258 g/mol. The first kappa shape index (κ1) is 8.39. The van der Waals surface area contributed by atoms with Crippen molar-refractivity contribution in [2.45, 2.75) is 0 Å². The van der Waals surface area contributed by atoms with Crippen LogP contribution < -0.4 is 0 Å². The second kappa shape index (κ2) is 4.23. The van der Waals surface area contributed by atoms with Gasteiger partial charge in [0.15, 0.2) is 0 Å². The van der Waals surface area contributed by atoms with Crippen molar-refractivity contribution in [2.75, 3.05) is 0 Å². The van der Waals surface area contributed by atoms with Crippen LogP contribution in [0, 0.1) is 5.41 Å². The minimum absolute atomic E-state index is 0.844. The highest BCUT2D eigenvalue weighted by atomic mass is 127. The SMILES string of the molecule is N=Cc1ccccc1N=CI. The maximum absolute atomic E-state index is 7.06. The van der Waals surface area contributed by atoms with Gasteiger partial charge in [-0.1, -0.05) is 18.2 Å². The van der Waals surface area contributed by atoms with E-state index in [2.05, 4.69) is 27.6 Å². The quantitative estimate of drug-likeness (QED) is 0.625. The lowest BCUT2D eigenvalue weighted by Crippen LogP contribution is -1.78. The molecule has 1 rings (SSSR count). The molecular formula is C8H7IN2. The molecule has 0 saturated carbocycles. The Kier molecular flexibility index (Phi) is 3.22. The van der Waals surface area contributed by atoms with Gasteiger partial charge in [-0.3, -0.25) is 0 Å². The van der Waals surface area contributed by atoms with Gasteiger partial charge in [-0.05, 0) is 28.7 Å². The third kappa shape index (κ3) is 2.11. The van der Waals surface area contributed by atoms with Crippen LogP contribution in [0.3, 0.4) is 0 Å². The Bertz CT molecular complexity index is 281. The second-order valence-electron chi connectivity index (χ2n) is 1.93. The third-order valence-electron chi connectivity index (χ3n) is 1.28. The molecule has 0 aromatic heterocycles. The van der Waals surface area contributed by atoms with Crippen molar-refractivity contribution in [3.8, 4) is 0 Å². The molecule has 1 aromatic rings. The lowest BCUT2D eigenvalue weighted by atomic mass is 10.2. The molecule has 2 nitrogen and oxygen atoms in total. The van der Waals surface area contributed by atoms with Gasteiger partial charge in [-0.25, -0.2) is 4.99 Å². The number of benzene rings is 1. The van der Waals surface area contributed by atoms with E-state index in [0.29, 0.717) is 0 Å². The summed E-state index contributed by atoms with van der Waals surface area (Å²) in [7, 11) is 0. The van der Waals surface area contributed by atoms with Crippen LogP contribution in [0.5, 0.6) is 0 Å². The molecule has 0 heterocycles. The van der Waals surface area contributed by atoms with E-state index in [4.69, 9.17) is 5.41 Å².